The molecule has 0 N–H and O–H groups in total. The summed E-state index contributed by atoms with van der Waals surface area (Å²) < 4.78 is 27.0. The van der Waals surface area contributed by atoms with Crippen LogP contribution in [0.3, 0.4) is 0 Å². The topological polar surface area (TPSA) is 12.9 Å². The summed E-state index contributed by atoms with van der Waals surface area (Å²) in [5.74, 6) is -1.25. The molecule has 0 atom stereocenters. The van der Waals surface area contributed by atoms with E-state index >= 15 is 0 Å². The molecule has 0 amide bonds. The van der Waals surface area contributed by atoms with Gasteiger partial charge in [-0.15, -0.1) is 0 Å². The zero-order valence-corrected chi connectivity index (χ0v) is 10.5. The Morgan fingerprint density at radius 2 is 1.83 bits per heavy atom. The van der Waals surface area contributed by atoms with Crippen LogP contribution in [0.2, 0.25) is 5.02 Å². The number of rotatable bonds is 0. The number of pyridine rings is 1. The minimum Gasteiger partial charge on any atom is -0.249 e. The third kappa shape index (κ3) is 1.87. The van der Waals surface area contributed by atoms with Gasteiger partial charge in [-0.2, -0.15) is 0 Å². The third-order valence-electron chi connectivity index (χ3n) is 3.47. The van der Waals surface area contributed by atoms with E-state index in [1.54, 1.807) is 0 Å². The fourth-order valence-corrected chi connectivity index (χ4v) is 2.92. The van der Waals surface area contributed by atoms with Crippen LogP contribution in [0, 0.1) is 11.6 Å². The molecule has 0 radical (unpaired) electrons. The Morgan fingerprint density at radius 1 is 1.06 bits per heavy atom. The van der Waals surface area contributed by atoms with Crippen molar-refractivity contribution in [1.82, 2.24) is 4.98 Å². The van der Waals surface area contributed by atoms with Gasteiger partial charge < -0.3 is 0 Å². The molecule has 1 aromatic carbocycles. The fraction of sp³-hybridized carbons (Fsp3) is 0.357. The smallest absolute Gasteiger partial charge is 0.152 e. The number of hydrogen-bond donors (Lipinski definition) is 0. The van der Waals surface area contributed by atoms with E-state index in [0.717, 1.165) is 49.4 Å². The molecule has 94 valence electrons. The summed E-state index contributed by atoms with van der Waals surface area (Å²) in [5, 5.41) is 0.852. The summed E-state index contributed by atoms with van der Waals surface area (Å²) in [5.41, 5.74) is 2.02. The number of halogens is 3. The van der Waals surface area contributed by atoms with Gasteiger partial charge in [-0.1, -0.05) is 18.0 Å². The molecular formula is C14H12ClF2N. The van der Waals surface area contributed by atoms with E-state index in [0.29, 0.717) is 10.4 Å². The zero-order valence-electron chi connectivity index (χ0n) is 9.77. The predicted octanol–water partition coefficient (Wildman–Crippen LogP) is 4.44. The molecule has 1 aromatic heterocycles. The van der Waals surface area contributed by atoms with Gasteiger partial charge in [-0.05, 0) is 37.3 Å². The first-order chi connectivity index (χ1) is 8.66. The molecule has 2 aromatic rings. The van der Waals surface area contributed by atoms with Gasteiger partial charge in [0.15, 0.2) is 5.82 Å². The summed E-state index contributed by atoms with van der Waals surface area (Å²) in [6.45, 7) is 0. The number of benzene rings is 1. The van der Waals surface area contributed by atoms with Gasteiger partial charge in [0, 0.05) is 17.1 Å². The van der Waals surface area contributed by atoms with E-state index in [-0.39, 0.29) is 5.52 Å². The van der Waals surface area contributed by atoms with E-state index in [2.05, 4.69) is 4.98 Å². The maximum Gasteiger partial charge on any atom is 0.152 e. The highest BCUT2D eigenvalue weighted by Crippen LogP contribution is 2.33. The molecule has 0 saturated carbocycles. The highest BCUT2D eigenvalue weighted by molar-refractivity contribution is 6.36. The summed E-state index contributed by atoms with van der Waals surface area (Å²) in [4.78, 5) is 4.35. The van der Waals surface area contributed by atoms with Crippen molar-refractivity contribution in [2.45, 2.75) is 32.1 Å². The lowest BCUT2D eigenvalue weighted by Gasteiger charge is -2.11. The molecule has 1 heterocycles. The maximum atomic E-state index is 13.7. The maximum absolute atomic E-state index is 13.7. The number of fused-ring (bicyclic) bond motifs is 2. The zero-order chi connectivity index (χ0) is 12.7. The van der Waals surface area contributed by atoms with Gasteiger partial charge in [-0.3, -0.25) is 0 Å². The molecule has 1 nitrogen and oxygen atoms in total. The van der Waals surface area contributed by atoms with Crippen molar-refractivity contribution in [3.05, 3.63) is 40.0 Å². The quantitative estimate of drug-likeness (QED) is 0.643. The lowest BCUT2D eigenvalue weighted by atomic mass is 10.0. The molecule has 0 spiro atoms. The van der Waals surface area contributed by atoms with E-state index in [1.165, 1.54) is 6.07 Å². The molecule has 0 aliphatic heterocycles. The minimum absolute atomic E-state index is 0.182. The van der Waals surface area contributed by atoms with Gasteiger partial charge in [0.2, 0.25) is 0 Å². The number of nitrogens with zero attached hydrogens (tertiary/aromatic N) is 1. The highest BCUT2D eigenvalue weighted by Gasteiger charge is 2.18. The molecular weight excluding hydrogens is 256 g/mol. The van der Waals surface area contributed by atoms with E-state index in [9.17, 15) is 8.78 Å². The first-order valence-corrected chi connectivity index (χ1v) is 6.50. The summed E-state index contributed by atoms with van der Waals surface area (Å²) in [6.07, 6.45) is 4.89. The van der Waals surface area contributed by atoms with Crippen LogP contribution in [0.5, 0.6) is 0 Å². The van der Waals surface area contributed by atoms with Crippen LogP contribution in [0.1, 0.15) is 30.5 Å². The van der Waals surface area contributed by atoms with Crippen molar-refractivity contribution in [3.63, 3.8) is 0 Å². The van der Waals surface area contributed by atoms with E-state index in [1.807, 2.05) is 0 Å². The molecule has 1 aliphatic carbocycles. The monoisotopic (exact) mass is 267 g/mol. The Bertz CT molecular complexity index is 625. The standard InChI is InChI=1S/C14H12ClF2N/c15-13-9-4-2-1-3-5-12(9)18-14-10(13)6-8(16)7-11(14)17/h6-7H,1-5H2. The molecule has 4 heteroatoms. The lowest BCUT2D eigenvalue weighted by Crippen LogP contribution is -2.00. The number of hydrogen-bond acceptors (Lipinski definition) is 1. The SMILES string of the molecule is Fc1cc(F)c2nc3c(c(Cl)c2c1)CCCCC3. The first kappa shape index (κ1) is 11.8. The Balaban J connectivity index is 2.34. The van der Waals surface area contributed by atoms with Crippen LogP contribution in [0.15, 0.2) is 12.1 Å². The van der Waals surface area contributed by atoms with Crippen LogP contribution >= 0.6 is 11.6 Å². The van der Waals surface area contributed by atoms with Crippen molar-refractivity contribution < 1.29 is 8.78 Å². The second kappa shape index (κ2) is 4.47. The first-order valence-electron chi connectivity index (χ1n) is 6.13. The fourth-order valence-electron chi connectivity index (χ4n) is 2.57. The van der Waals surface area contributed by atoms with E-state index in [4.69, 9.17) is 11.6 Å². The summed E-state index contributed by atoms with van der Waals surface area (Å²) in [7, 11) is 0. The molecule has 0 fully saturated rings. The van der Waals surface area contributed by atoms with Gasteiger partial charge >= 0.3 is 0 Å². The van der Waals surface area contributed by atoms with Crippen molar-refractivity contribution in [1.29, 1.82) is 0 Å². The molecule has 18 heavy (non-hydrogen) atoms. The second-order valence-corrected chi connectivity index (χ2v) is 5.07. The lowest BCUT2D eigenvalue weighted by molar-refractivity contribution is 0.590. The summed E-state index contributed by atoms with van der Waals surface area (Å²) in [6, 6.07) is 2.12. The van der Waals surface area contributed by atoms with Crippen LogP contribution in [0.4, 0.5) is 8.78 Å². The van der Waals surface area contributed by atoms with Gasteiger partial charge in [0.1, 0.15) is 11.3 Å². The van der Waals surface area contributed by atoms with Crippen LogP contribution in [-0.4, -0.2) is 4.98 Å². The number of aryl methyl sites for hydroxylation is 1. The van der Waals surface area contributed by atoms with Crippen LogP contribution < -0.4 is 0 Å². The van der Waals surface area contributed by atoms with Crippen molar-refractivity contribution in [3.8, 4) is 0 Å². The van der Waals surface area contributed by atoms with Crippen molar-refractivity contribution in [2.24, 2.45) is 0 Å². The molecule has 1 aliphatic rings. The van der Waals surface area contributed by atoms with Crippen molar-refractivity contribution in [2.75, 3.05) is 0 Å². The molecule has 0 bridgehead atoms. The molecule has 3 rings (SSSR count). The summed E-state index contributed by atoms with van der Waals surface area (Å²) >= 11 is 6.30. The van der Waals surface area contributed by atoms with E-state index < -0.39 is 11.6 Å². The average Bonchev–Trinajstić information content (AvgIpc) is 2.56. The predicted molar refractivity (Wildman–Crippen MR) is 67.9 cm³/mol. The largest absolute Gasteiger partial charge is 0.249 e. The third-order valence-corrected chi connectivity index (χ3v) is 3.90. The Hall–Kier alpha value is -1.22. The molecule has 0 unspecified atom stereocenters. The van der Waals surface area contributed by atoms with Gasteiger partial charge in [-0.25, -0.2) is 13.8 Å². The normalized spacial score (nSPS) is 15.5. The second-order valence-electron chi connectivity index (χ2n) is 4.70. The molecule has 0 saturated heterocycles. The number of aromatic nitrogens is 1. The average molecular weight is 268 g/mol. The van der Waals surface area contributed by atoms with Gasteiger partial charge in [0.05, 0.1) is 5.02 Å². The Morgan fingerprint density at radius 3 is 2.67 bits per heavy atom. The Kier molecular flexibility index (Phi) is 2.94. The van der Waals surface area contributed by atoms with Crippen LogP contribution in [-0.2, 0) is 12.8 Å². The highest BCUT2D eigenvalue weighted by atomic mass is 35.5. The Labute approximate surface area is 109 Å². The van der Waals surface area contributed by atoms with Crippen LogP contribution in [0.25, 0.3) is 10.9 Å². The van der Waals surface area contributed by atoms with Crippen molar-refractivity contribution >= 4 is 22.5 Å². The minimum atomic E-state index is -0.640. The van der Waals surface area contributed by atoms with Gasteiger partial charge in [0.25, 0.3) is 0 Å².